The van der Waals surface area contributed by atoms with Gasteiger partial charge in [0.25, 0.3) is 0 Å². The average Bonchev–Trinajstić information content (AvgIpc) is 2.63. The van der Waals surface area contributed by atoms with E-state index < -0.39 is 0 Å². The molecule has 0 fully saturated rings. The third-order valence-corrected chi connectivity index (χ3v) is 3.22. The molecule has 0 atom stereocenters. The highest BCUT2D eigenvalue weighted by Gasteiger charge is 2.28. The standard InChI is InChI=1S/C15H12O2/c1-9-6-10(8-16)14-13(7-9)11-4-2-3-5-12(11)15(14)17/h2-7,16H,8H2,1H3. The molecule has 0 bridgehead atoms. The Morgan fingerprint density at radius 2 is 1.76 bits per heavy atom. The van der Waals surface area contributed by atoms with Crippen LogP contribution in [0, 0.1) is 6.92 Å². The summed E-state index contributed by atoms with van der Waals surface area (Å²) in [4.78, 5) is 12.3. The summed E-state index contributed by atoms with van der Waals surface area (Å²) in [6.07, 6.45) is 0. The van der Waals surface area contributed by atoms with Crippen LogP contribution in [-0.4, -0.2) is 10.9 Å². The molecular formula is C15H12O2. The molecule has 0 aliphatic heterocycles. The molecule has 2 heteroatoms. The van der Waals surface area contributed by atoms with Crippen LogP contribution in [0.3, 0.4) is 0 Å². The van der Waals surface area contributed by atoms with Gasteiger partial charge in [-0.2, -0.15) is 0 Å². The van der Waals surface area contributed by atoms with E-state index in [2.05, 4.69) is 0 Å². The van der Waals surface area contributed by atoms with Crippen LogP contribution in [0.1, 0.15) is 27.0 Å². The summed E-state index contributed by atoms with van der Waals surface area (Å²) in [7, 11) is 0. The van der Waals surface area contributed by atoms with Gasteiger partial charge in [0.2, 0.25) is 0 Å². The number of aryl methyl sites for hydroxylation is 1. The van der Waals surface area contributed by atoms with Crippen LogP contribution in [0.4, 0.5) is 0 Å². The topological polar surface area (TPSA) is 37.3 Å². The molecule has 0 saturated carbocycles. The first-order chi connectivity index (χ1) is 8.22. The first-order valence-electron chi connectivity index (χ1n) is 5.61. The molecule has 0 aromatic heterocycles. The second-order valence-electron chi connectivity index (χ2n) is 4.38. The van der Waals surface area contributed by atoms with Gasteiger partial charge in [-0.1, -0.05) is 42.0 Å². The average molecular weight is 224 g/mol. The number of ketones is 1. The Bertz CT molecular complexity index is 627. The molecule has 1 aliphatic carbocycles. The van der Waals surface area contributed by atoms with Gasteiger partial charge in [-0.05, 0) is 23.6 Å². The van der Waals surface area contributed by atoms with E-state index in [0.29, 0.717) is 5.56 Å². The molecule has 0 unspecified atom stereocenters. The Labute approximate surface area is 99.5 Å². The number of fused-ring (bicyclic) bond motifs is 3. The molecule has 1 N–H and O–H groups in total. The number of hydrogen-bond donors (Lipinski definition) is 1. The minimum absolute atomic E-state index is 0.0275. The number of aliphatic hydroxyl groups is 1. The van der Waals surface area contributed by atoms with E-state index in [1.54, 1.807) is 0 Å². The van der Waals surface area contributed by atoms with Crippen LogP contribution >= 0.6 is 0 Å². The fourth-order valence-corrected chi connectivity index (χ4v) is 2.52. The number of carbonyl (C=O) groups is 1. The van der Waals surface area contributed by atoms with Gasteiger partial charge in [-0.15, -0.1) is 0 Å². The van der Waals surface area contributed by atoms with Crippen LogP contribution in [0.2, 0.25) is 0 Å². The summed E-state index contributed by atoms with van der Waals surface area (Å²) in [5.41, 5.74) is 5.13. The summed E-state index contributed by atoms with van der Waals surface area (Å²) < 4.78 is 0. The molecule has 17 heavy (non-hydrogen) atoms. The Kier molecular flexibility index (Phi) is 2.13. The second kappa shape index (κ2) is 3.54. The zero-order valence-electron chi connectivity index (χ0n) is 9.53. The number of hydrogen-bond acceptors (Lipinski definition) is 2. The number of aliphatic hydroxyl groups excluding tert-OH is 1. The maximum Gasteiger partial charge on any atom is 0.194 e. The van der Waals surface area contributed by atoms with Crippen molar-refractivity contribution in [1.82, 2.24) is 0 Å². The SMILES string of the molecule is Cc1cc(CO)c2c(c1)-c1ccccc1C2=O. The quantitative estimate of drug-likeness (QED) is 0.690. The van der Waals surface area contributed by atoms with Crippen LogP contribution in [0.5, 0.6) is 0 Å². The van der Waals surface area contributed by atoms with Gasteiger partial charge in [0.15, 0.2) is 5.78 Å². The van der Waals surface area contributed by atoms with Crippen LogP contribution in [-0.2, 0) is 6.61 Å². The summed E-state index contributed by atoms with van der Waals surface area (Å²) in [5.74, 6) is 0.0275. The zero-order chi connectivity index (χ0) is 12.0. The van der Waals surface area contributed by atoms with E-state index in [-0.39, 0.29) is 12.4 Å². The third kappa shape index (κ3) is 1.34. The Morgan fingerprint density at radius 3 is 2.47 bits per heavy atom. The van der Waals surface area contributed by atoms with Crippen LogP contribution < -0.4 is 0 Å². The molecule has 2 nitrogen and oxygen atoms in total. The number of benzene rings is 2. The predicted octanol–water partition coefficient (Wildman–Crippen LogP) is 2.70. The molecule has 84 valence electrons. The van der Waals surface area contributed by atoms with Gasteiger partial charge in [-0.25, -0.2) is 0 Å². The Hall–Kier alpha value is -1.93. The molecule has 2 aromatic carbocycles. The Balaban J connectivity index is 2.38. The van der Waals surface area contributed by atoms with Gasteiger partial charge < -0.3 is 5.11 Å². The summed E-state index contributed by atoms with van der Waals surface area (Å²) in [5, 5.41) is 9.37. The number of rotatable bonds is 1. The van der Waals surface area contributed by atoms with Gasteiger partial charge in [0, 0.05) is 11.1 Å². The monoisotopic (exact) mass is 224 g/mol. The first kappa shape index (κ1) is 10.2. The normalized spacial score (nSPS) is 12.5. The van der Waals surface area contributed by atoms with Gasteiger partial charge in [-0.3, -0.25) is 4.79 Å². The lowest BCUT2D eigenvalue weighted by molar-refractivity contribution is 0.104. The molecule has 0 amide bonds. The lowest BCUT2D eigenvalue weighted by Crippen LogP contribution is -2.01. The van der Waals surface area contributed by atoms with Crippen molar-refractivity contribution in [3.63, 3.8) is 0 Å². The van der Waals surface area contributed by atoms with Crippen molar-refractivity contribution < 1.29 is 9.90 Å². The smallest absolute Gasteiger partial charge is 0.194 e. The molecule has 0 radical (unpaired) electrons. The minimum atomic E-state index is -0.0935. The fourth-order valence-electron chi connectivity index (χ4n) is 2.52. The lowest BCUT2D eigenvalue weighted by atomic mass is 9.98. The number of carbonyl (C=O) groups excluding carboxylic acids is 1. The van der Waals surface area contributed by atoms with E-state index in [4.69, 9.17) is 0 Å². The van der Waals surface area contributed by atoms with Crippen molar-refractivity contribution >= 4 is 5.78 Å². The second-order valence-corrected chi connectivity index (χ2v) is 4.38. The van der Waals surface area contributed by atoms with Crippen molar-refractivity contribution in [1.29, 1.82) is 0 Å². The van der Waals surface area contributed by atoms with E-state index in [0.717, 1.165) is 27.8 Å². The van der Waals surface area contributed by atoms with Crippen molar-refractivity contribution in [2.45, 2.75) is 13.5 Å². The maximum atomic E-state index is 12.3. The Morgan fingerprint density at radius 1 is 1.06 bits per heavy atom. The summed E-state index contributed by atoms with van der Waals surface area (Å²) in [6, 6.07) is 11.5. The highest BCUT2D eigenvalue weighted by Crippen LogP contribution is 2.38. The molecule has 0 saturated heterocycles. The first-order valence-corrected chi connectivity index (χ1v) is 5.61. The highest BCUT2D eigenvalue weighted by atomic mass is 16.3. The molecule has 0 spiro atoms. The van der Waals surface area contributed by atoms with E-state index >= 15 is 0 Å². The van der Waals surface area contributed by atoms with E-state index in [1.807, 2.05) is 43.3 Å². The van der Waals surface area contributed by atoms with Gasteiger partial charge >= 0.3 is 0 Å². The third-order valence-electron chi connectivity index (χ3n) is 3.22. The highest BCUT2D eigenvalue weighted by molar-refractivity contribution is 6.22. The van der Waals surface area contributed by atoms with Crippen molar-refractivity contribution in [2.75, 3.05) is 0 Å². The summed E-state index contributed by atoms with van der Waals surface area (Å²) >= 11 is 0. The van der Waals surface area contributed by atoms with Crippen molar-refractivity contribution in [2.24, 2.45) is 0 Å². The van der Waals surface area contributed by atoms with Crippen LogP contribution in [0.15, 0.2) is 36.4 Å². The molecule has 0 heterocycles. The molecule has 1 aliphatic rings. The largest absolute Gasteiger partial charge is 0.392 e. The molecule has 3 rings (SSSR count). The summed E-state index contributed by atoms with van der Waals surface area (Å²) in [6.45, 7) is 1.88. The molecule has 2 aromatic rings. The maximum absolute atomic E-state index is 12.3. The van der Waals surface area contributed by atoms with E-state index in [9.17, 15) is 9.90 Å². The van der Waals surface area contributed by atoms with Gasteiger partial charge in [0.05, 0.1) is 6.61 Å². The predicted molar refractivity (Wildman–Crippen MR) is 66.0 cm³/mol. The van der Waals surface area contributed by atoms with Crippen molar-refractivity contribution in [3.05, 3.63) is 58.7 Å². The van der Waals surface area contributed by atoms with Crippen LogP contribution in [0.25, 0.3) is 11.1 Å². The molecular weight excluding hydrogens is 212 g/mol. The minimum Gasteiger partial charge on any atom is -0.392 e. The lowest BCUT2D eigenvalue weighted by Gasteiger charge is -2.06. The zero-order valence-corrected chi connectivity index (χ0v) is 9.53. The van der Waals surface area contributed by atoms with Crippen molar-refractivity contribution in [3.8, 4) is 11.1 Å². The van der Waals surface area contributed by atoms with E-state index in [1.165, 1.54) is 0 Å². The fraction of sp³-hybridized carbons (Fsp3) is 0.133. The van der Waals surface area contributed by atoms with Gasteiger partial charge in [0.1, 0.15) is 0 Å².